The largest absolute Gasteiger partial charge is 0.372 e. The van der Waals surface area contributed by atoms with Crippen LogP contribution in [0.1, 0.15) is 38.6 Å². The first-order chi connectivity index (χ1) is 9.54. The third-order valence-corrected chi connectivity index (χ3v) is 5.05. The molecular weight excluding hydrogens is 264 g/mol. The third kappa shape index (κ3) is 2.73. The summed E-state index contributed by atoms with van der Waals surface area (Å²) in [5.74, 6) is 0. The second kappa shape index (κ2) is 5.21. The van der Waals surface area contributed by atoms with E-state index in [1.807, 2.05) is 0 Å². The van der Waals surface area contributed by atoms with Gasteiger partial charge in [0, 0.05) is 35.1 Å². The molecule has 3 heteroatoms. The van der Waals surface area contributed by atoms with Crippen LogP contribution in [0.15, 0.2) is 29.6 Å². The number of benzene rings is 1. The average Bonchev–Trinajstić information content (AvgIpc) is 3.10. The van der Waals surface area contributed by atoms with Crippen LogP contribution in [0.5, 0.6) is 0 Å². The van der Waals surface area contributed by atoms with E-state index in [4.69, 9.17) is 4.98 Å². The molecule has 106 valence electrons. The van der Waals surface area contributed by atoms with Gasteiger partial charge in [0.2, 0.25) is 0 Å². The molecule has 0 unspecified atom stereocenters. The van der Waals surface area contributed by atoms with Gasteiger partial charge in [-0.2, -0.15) is 0 Å². The molecule has 2 nitrogen and oxygen atoms in total. The predicted octanol–water partition coefficient (Wildman–Crippen LogP) is 4.71. The second-order valence-corrected chi connectivity index (χ2v) is 7.39. The van der Waals surface area contributed by atoms with Gasteiger partial charge in [0.25, 0.3) is 0 Å². The maximum Gasteiger partial charge on any atom is 0.0986 e. The van der Waals surface area contributed by atoms with Gasteiger partial charge in [0.15, 0.2) is 0 Å². The SMILES string of the molecule is CC(C)(C)c1nc(-c2ccc(N3CCCC3)cc2)cs1. The number of hydrogen-bond acceptors (Lipinski definition) is 3. The molecule has 3 rings (SSSR count). The second-order valence-electron chi connectivity index (χ2n) is 6.53. The lowest BCUT2D eigenvalue weighted by Crippen LogP contribution is -2.17. The van der Waals surface area contributed by atoms with Crippen LogP contribution in [0.4, 0.5) is 5.69 Å². The van der Waals surface area contributed by atoms with Crippen LogP contribution in [-0.4, -0.2) is 18.1 Å². The fourth-order valence-corrected chi connectivity index (χ4v) is 3.49. The fourth-order valence-electron chi connectivity index (χ4n) is 2.57. The molecule has 1 saturated heterocycles. The van der Waals surface area contributed by atoms with E-state index >= 15 is 0 Å². The van der Waals surface area contributed by atoms with Crippen molar-refractivity contribution in [2.45, 2.75) is 39.0 Å². The molecule has 2 heterocycles. The van der Waals surface area contributed by atoms with E-state index in [0.717, 1.165) is 5.69 Å². The zero-order chi connectivity index (χ0) is 14.2. The standard InChI is InChI=1S/C17H22N2S/c1-17(2,3)16-18-15(12-20-16)13-6-8-14(9-7-13)19-10-4-5-11-19/h6-9,12H,4-5,10-11H2,1-3H3. The molecule has 0 saturated carbocycles. The highest BCUT2D eigenvalue weighted by Crippen LogP contribution is 2.31. The Morgan fingerprint density at radius 2 is 1.70 bits per heavy atom. The molecule has 0 aliphatic carbocycles. The Balaban J connectivity index is 1.82. The van der Waals surface area contributed by atoms with Crippen molar-refractivity contribution >= 4 is 17.0 Å². The highest BCUT2D eigenvalue weighted by Gasteiger charge is 2.18. The number of anilines is 1. The number of rotatable bonds is 2. The molecule has 1 aromatic carbocycles. The van der Waals surface area contributed by atoms with E-state index in [-0.39, 0.29) is 5.41 Å². The predicted molar refractivity (Wildman–Crippen MR) is 87.7 cm³/mol. The summed E-state index contributed by atoms with van der Waals surface area (Å²) in [5.41, 5.74) is 3.81. The van der Waals surface area contributed by atoms with Crippen molar-refractivity contribution in [2.75, 3.05) is 18.0 Å². The molecule has 0 N–H and O–H groups in total. The minimum Gasteiger partial charge on any atom is -0.372 e. The number of hydrogen-bond donors (Lipinski definition) is 0. The van der Waals surface area contributed by atoms with Crippen LogP contribution in [0.25, 0.3) is 11.3 Å². The van der Waals surface area contributed by atoms with Gasteiger partial charge in [0.1, 0.15) is 0 Å². The first-order valence-corrected chi connectivity index (χ1v) is 8.23. The number of aromatic nitrogens is 1. The van der Waals surface area contributed by atoms with E-state index in [9.17, 15) is 0 Å². The van der Waals surface area contributed by atoms with Gasteiger partial charge in [0.05, 0.1) is 10.7 Å². The lowest BCUT2D eigenvalue weighted by atomic mass is 9.98. The van der Waals surface area contributed by atoms with Crippen LogP contribution in [-0.2, 0) is 5.41 Å². The molecule has 20 heavy (non-hydrogen) atoms. The summed E-state index contributed by atoms with van der Waals surface area (Å²) in [4.78, 5) is 7.25. The molecule has 0 atom stereocenters. The minimum atomic E-state index is 0.137. The van der Waals surface area contributed by atoms with Crippen LogP contribution < -0.4 is 4.90 Å². The van der Waals surface area contributed by atoms with Crippen molar-refractivity contribution in [3.63, 3.8) is 0 Å². The quantitative estimate of drug-likeness (QED) is 0.795. The Kier molecular flexibility index (Phi) is 3.55. The van der Waals surface area contributed by atoms with E-state index in [0.29, 0.717) is 0 Å². The van der Waals surface area contributed by atoms with Crippen LogP contribution in [0.2, 0.25) is 0 Å². The summed E-state index contributed by atoms with van der Waals surface area (Å²) >= 11 is 1.76. The number of nitrogens with zero attached hydrogens (tertiary/aromatic N) is 2. The van der Waals surface area contributed by atoms with Crippen molar-refractivity contribution in [3.8, 4) is 11.3 Å². The molecular formula is C17H22N2S. The summed E-state index contributed by atoms with van der Waals surface area (Å²) in [5, 5.41) is 3.38. The van der Waals surface area contributed by atoms with E-state index in [1.54, 1.807) is 11.3 Å². The summed E-state index contributed by atoms with van der Waals surface area (Å²) < 4.78 is 0. The molecule has 1 aliphatic rings. The molecule has 0 radical (unpaired) electrons. The van der Waals surface area contributed by atoms with Gasteiger partial charge in [-0.05, 0) is 25.0 Å². The lowest BCUT2D eigenvalue weighted by molar-refractivity contribution is 0.586. The normalized spacial score (nSPS) is 15.8. The van der Waals surface area contributed by atoms with Gasteiger partial charge in [-0.3, -0.25) is 0 Å². The van der Waals surface area contributed by atoms with Crippen molar-refractivity contribution < 1.29 is 0 Å². The monoisotopic (exact) mass is 286 g/mol. The van der Waals surface area contributed by atoms with E-state index in [1.165, 1.54) is 42.2 Å². The molecule has 0 spiro atoms. The van der Waals surface area contributed by atoms with Crippen LogP contribution in [0, 0.1) is 0 Å². The van der Waals surface area contributed by atoms with Gasteiger partial charge >= 0.3 is 0 Å². The van der Waals surface area contributed by atoms with Crippen molar-refractivity contribution in [2.24, 2.45) is 0 Å². The van der Waals surface area contributed by atoms with E-state index < -0.39 is 0 Å². The topological polar surface area (TPSA) is 16.1 Å². The summed E-state index contributed by atoms with van der Waals surface area (Å²) in [6.45, 7) is 9.04. The highest BCUT2D eigenvalue weighted by atomic mass is 32.1. The Morgan fingerprint density at radius 3 is 2.25 bits per heavy atom. The Morgan fingerprint density at radius 1 is 1.05 bits per heavy atom. The molecule has 2 aromatic rings. The fraction of sp³-hybridized carbons (Fsp3) is 0.471. The Labute approximate surface area is 125 Å². The minimum absolute atomic E-state index is 0.137. The molecule has 0 amide bonds. The van der Waals surface area contributed by atoms with Gasteiger partial charge < -0.3 is 4.90 Å². The lowest BCUT2D eigenvalue weighted by Gasteiger charge is -2.17. The third-order valence-electron chi connectivity index (χ3n) is 3.78. The van der Waals surface area contributed by atoms with Crippen LogP contribution >= 0.6 is 11.3 Å². The molecule has 1 fully saturated rings. The Bertz CT molecular complexity index is 572. The highest BCUT2D eigenvalue weighted by molar-refractivity contribution is 7.10. The first-order valence-electron chi connectivity index (χ1n) is 7.35. The van der Waals surface area contributed by atoms with E-state index in [2.05, 4.69) is 55.3 Å². The smallest absolute Gasteiger partial charge is 0.0986 e. The summed E-state index contributed by atoms with van der Waals surface area (Å²) in [6.07, 6.45) is 2.64. The zero-order valence-electron chi connectivity index (χ0n) is 12.5. The Hall–Kier alpha value is -1.35. The van der Waals surface area contributed by atoms with Gasteiger partial charge in [-0.15, -0.1) is 11.3 Å². The number of thiazole rings is 1. The summed E-state index contributed by atoms with van der Waals surface area (Å²) in [6, 6.07) is 8.87. The van der Waals surface area contributed by atoms with Crippen molar-refractivity contribution in [3.05, 3.63) is 34.7 Å². The molecule has 1 aromatic heterocycles. The average molecular weight is 286 g/mol. The van der Waals surface area contributed by atoms with Gasteiger partial charge in [-0.25, -0.2) is 4.98 Å². The zero-order valence-corrected chi connectivity index (χ0v) is 13.3. The molecule has 1 aliphatic heterocycles. The van der Waals surface area contributed by atoms with Crippen molar-refractivity contribution in [1.29, 1.82) is 0 Å². The van der Waals surface area contributed by atoms with Gasteiger partial charge in [-0.1, -0.05) is 32.9 Å². The summed E-state index contributed by atoms with van der Waals surface area (Å²) in [7, 11) is 0. The maximum absolute atomic E-state index is 4.78. The molecule has 0 bridgehead atoms. The first kappa shape index (κ1) is 13.6. The van der Waals surface area contributed by atoms with Crippen molar-refractivity contribution in [1.82, 2.24) is 4.98 Å². The maximum atomic E-state index is 4.78. The van der Waals surface area contributed by atoms with Crippen LogP contribution in [0.3, 0.4) is 0 Å².